The Labute approximate surface area is 92.9 Å². The number of aromatic amines is 1. The van der Waals surface area contributed by atoms with Crippen LogP contribution in [0.3, 0.4) is 0 Å². The molecule has 1 aromatic rings. The fourth-order valence-corrected chi connectivity index (χ4v) is 1.41. The van der Waals surface area contributed by atoms with Crippen molar-refractivity contribution in [3.05, 3.63) is 35.0 Å². The Morgan fingerprint density at radius 3 is 2.69 bits per heavy atom. The maximum Gasteiger partial charge on any atom is 0.379 e. The molecule has 0 aliphatic heterocycles. The van der Waals surface area contributed by atoms with Crippen LogP contribution in [-0.2, 0) is 9.53 Å². The summed E-state index contributed by atoms with van der Waals surface area (Å²) < 4.78 is 4.39. The Hall–Kier alpha value is -2.10. The van der Waals surface area contributed by atoms with E-state index in [-0.39, 0.29) is 0 Å². The summed E-state index contributed by atoms with van der Waals surface area (Å²) in [5.74, 6) is -1.53. The number of methoxy groups -OCH3 is 1. The number of Topliss-reactive ketones (excluding diaryl/α,β-unsaturated/α-hetero) is 1. The molecule has 84 valence electrons. The van der Waals surface area contributed by atoms with Gasteiger partial charge < -0.3 is 9.72 Å². The third-order valence-corrected chi connectivity index (χ3v) is 2.14. The number of esters is 1. The lowest BCUT2D eigenvalue weighted by atomic mass is 10.1. The number of ketones is 1. The van der Waals surface area contributed by atoms with Gasteiger partial charge in [-0.3, -0.25) is 4.79 Å². The zero-order chi connectivity index (χ0) is 12.1. The SMILES string of the molecule is C=C/C=c1/[nH]cc(C(=O)C(=O)OC)/c1=C/C. The maximum atomic E-state index is 11.6. The van der Waals surface area contributed by atoms with Crippen molar-refractivity contribution < 1.29 is 14.3 Å². The van der Waals surface area contributed by atoms with Crippen molar-refractivity contribution in [2.45, 2.75) is 6.92 Å². The van der Waals surface area contributed by atoms with Gasteiger partial charge >= 0.3 is 5.97 Å². The summed E-state index contributed by atoms with van der Waals surface area (Å²) in [5, 5.41) is 1.42. The normalized spacial score (nSPS) is 12.6. The second-order valence-electron chi connectivity index (χ2n) is 3.04. The van der Waals surface area contributed by atoms with E-state index >= 15 is 0 Å². The Kier molecular flexibility index (Phi) is 3.83. The molecule has 0 spiro atoms. The molecule has 0 aliphatic carbocycles. The van der Waals surface area contributed by atoms with Crippen LogP contribution in [-0.4, -0.2) is 23.8 Å². The van der Waals surface area contributed by atoms with Crippen LogP contribution < -0.4 is 10.6 Å². The first-order valence-corrected chi connectivity index (χ1v) is 4.74. The predicted octanol–water partition coefficient (Wildman–Crippen LogP) is 0.137. The Morgan fingerprint density at radius 2 is 2.19 bits per heavy atom. The summed E-state index contributed by atoms with van der Waals surface area (Å²) in [5.41, 5.74) is 0.308. The lowest BCUT2D eigenvalue weighted by Crippen LogP contribution is -2.29. The minimum absolute atomic E-state index is 0.308. The Morgan fingerprint density at radius 1 is 1.50 bits per heavy atom. The minimum Gasteiger partial charge on any atom is -0.463 e. The van der Waals surface area contributed by atoms with Gasteiger partial charge in [-0.2, -0.15) is 0 Å². The molecule has 0 saturated carbocycles. The van der Waals surface area contributed by atoms with Crippen molar-refractivity contribution in [3.63, 3.8) is 0 Å². The number of aromatic nitrogens is 1. The van der Waals surface area contributed by atoms with Crippen LogP contribution in [0, 0.1) is 0 Å². The van der Waals surface area contributed by atoms with Gasteiger partial charge in [-0.15, -0.1) is 0 Å². The number of rotatable bonds is 3. The van der Waals surface area contributed by atoms with Gasteiger partial charge in [0.2, 0.25) is 0 Å². The summed E-state index contributed by atoms with van der Waals surface area (Å²) in [6.45, 7) is 5.36. The third kappa shape index (κ3) is 2.11. The summed E-state index contributed by atoms with van der Waals surface area (Å²) in [7, 11) is 1.18. The van der Waals surface area contributed by atoms with Crippen LogP contribution in [0.1, 0.15) is 17.3 Å². The number of hydrogen-bond acceptors (Lipinski definition) is 3. The van der Waals surface area contributed by atoms with E-state index in [1.165, 1.54) is 13.3 Å². The monoisotopic (exact) mass is 219 g/mol. The van der Waals surface area contributed by atoms with E-state index in [1.54, 1.807) is 25.2 Å². The molecular formula is C12H13NO3. The topological polar surface area (TPSA) is 59.2 Å². The lowest BCUT2D eigenvalue weighted by molar-refractivity contribution is -0.135. The summed E-state index contributed by atoms with van der Waals surface area (Å²) in [6, 6.07) is 0. The predicted molar refractivity (Wildman–Crippen MR) is 61.2 cm³/mol. The first-order chi connectivity index (χ1) is 7.65. The Bertz CT molecular complexity index is 537. The van der Waals surface area contributed by atoms with Gasteiger partial charge in [0.05, 0.1) is 12.7 Å². The molecule has 1 heterocycles. The van der Waals surface area contributed by atoms with E-state index in [2.05, 4.69) is 16.3 Å². The van der Waals surface area contributed by atoms with Crippen LogP contribution in [0.15, 0.2) is 18.9 Å². The molecule has 0 aliphatic rings. The van der Waals surface area contributed by atoms with Crippen molar-refractivity contribution >= 4 is 23.9 Å². The first-order valence-electron chi connectivity index (χ1n) is 4.74. The van der Waals surface area contributed by atoms with Gasteiger partial charge in [0.15, 0.2) is 0 Å². The molecule has 1 aromatic heterocycles. The van der Waals surface area contributed by atoms with E-state index in [4.69, 9.17) is 0 Å². The van der Waals surface area contributed by atoms with Crippen LogP contribution in [0.5, 0.6) is 0 Å². The van der Waals surface area contributed by atoms with E-state index in [1.807, 2.05) is 0 Å². The molecule has 0 aromatic carbocycles. The smallest absolute Gasteiger partial charge is 0.379 e. The van der Waals surface area contributed by atoms with Crippen LogP contribution >= 0.6 is 0 Å². The highest BCUT2D eigenvalue weighted by atomic mass is 16.5. The Balaban J connectivity index is 3.39. The van der Waals surface area contributed by atoms with Gasteiger partial charge in [0.25, 0.3) is 5.78 Å². The van der Waals surface area contributed by atoms with Crippen LogP contribution in [0.2, 0.25) is 0 Å². The molecule has 0 amide bonds. The number of ether oxygens (including phenoxy) is 1. The van der Waals surface area contributed by atoms with E-state index in [9.17, 15) is 9.59 Å². The van der Waals surface area contributed by atoms with Crippen molar-refractivity contribution in [2.24, 2.45) is 0 Å². The average molecular weight is 219 g/mol. The largest absolute Gasteiger partial charge is 0.463 e. The second-order valence-corrected chi connectivity index (χ2v) is 3.04. The third-order valence-electron chi connectivity index (χ3n) is 2.14. The van der Waals surface area contributed by atoms with Crippen LogP contribution in [0.4, 0.5) is 0 Å². The van der Waals surface area contributed by atoms with Crippen molar-refractivity contribution in [2.75, 3.05) is 7.11 Å². The fourth-order valence-electron chi connectivity index (χ4n) is 1.41. The number of allylic oxidation sites excluding steroid dienone is 1. The highest BCUT2D eigenvalue weighted by molar-refractivity contribution is 6.40. The summed E-state index contributed by atoms with van der Waals surface area (Å²) in [6.07, 6.45) is 6.57. The maximum absolute atomic E-state index is 11.6. The number of H-pyrrole nitrogens is 1. The highest BCUT2D eigenvalue weighted by Gasteiger charge is 2.18. The number of hydrogen-bond donors (Lipinski definition) is 1. The molecule has 4 heteroatoms. The second kappa shape index (κ2) is 5.11. The number of nitrogens with one attached hydrogen (secondary N) is 1. The molecule has 1 N–H and O–H groups in total. The average Bonchev–Trinajstić information content (AvgIpc) is 2.70. The van der Waals surface area contributed by atoms with Gasteiger partial charge in [-0.25, -0.2) is 4.79 Å². The molecule has 0 fully saturated rings. The van der Waals surface area contributed by atoms with Crippen LogP contribution in [0.25, 0.3) is 12.2 Å². The molecule has 0 atom stereocenters. The number of carbonyl (C=O) groups excluding carboxylic acids is 2. The lowest BCUT2D eigenvalue weighted by Gasteiger charge is -1.94. The standard InChI is InChI=1S/C12H13NO3/c1-4-6-10-8(5-2)9(7-13-10)11(14)12(15)16-3/h4-7,13H,1H2,2-3H3/b8-5-,10-6+. The molecule has 0 bridgehead atoms. The summed E-state index contributed by atoms with van der Waals surface area (Å²) >= 11 is 0. The van der Waals surface area contributed by atoms with Gasteiger partial charge in [0, 0.05) is 16.8 Å². The van der Waals surface area contributed by atoms with E-state index in [0.29, 0.717) is 10.8 Å². The minimum atomic E-state index is -0.868. The molecule has 1 rings (SSSR count). The summed E-state index contributed by atoms with van der Waals surface area (Å²) in [4.78, 5) is 25.6. The van der Waals surface area contributed by atoms with E-state index < -0.39 is 11.8 Å². The van der Waals surface area contributed by atoms with Gasteiger partial charge in [-0.1, -0.05) is 18.7 Å². The fraction of sp³-hybridized carbons (Fsp3) is 0.167. The zero-order valence-corrected chi connectivity index (χ0v) is 9.24. The van der Waals surface area contributed by atoms with Gasteiger partial charge in [0.1, 0.15) is 0 Å². The molecule has 0 saturated heterocycles. The molecule has 16 heavy (non-hydrogen) atoms. The van der Waals surface area contributed by atoms with Gasteiger partial charge in [-0.05, 0) is 13.0 Å². The molecular weight excluding hydrogens is 206 g/mol. The molecule has 0 radical (unpaired) electrons. The van der Waals surface area contributed by atoms with E-state index in [0.717, 1.165) is 5.35 Å². The molecule has 4 nitrogen and oxygen atoms in total. The quantitative estimate of drug-likeness (QED) is 0.447. The van der Waals surface area contributed by atoms with Crippen molar-refractivity contribution in [3.8, 4) is 0 Å². The number of carbonyl (C=O) groups is 2. The first kappa shape index (κ1) is 12.0. The highest BCUT2D eigenvalue weighted by Crippen LogP contribution is 1.92. The van der Waals surface area contributed by atoms with Crippen molar-refractivity contribution in [1.82, 2.24) is 4.98 Å². The van der Waals surface area contributed by atoms with Crippen molar-refractivity contribution in [1.29, 1.82) is 0 Å². The zero-order valence-electron chi connectivity index (χ0n) is 9.24. The molecule has 0 unspecified atom stereocenters.